The first kappa shape index (κ1) is 17.6. The minimum Gasteiger partial charge on any atom is -1.00 e. The molecule has 4 aromatic rings. The number of amides is 1. The van der Waals surface area contributed by atoms with Crippen molar-refractivity contribution < 1.29 is 21.9 Å². The van der Waals surface area contributed by atoms with Crippen LogP contribution in [0.5, 0.6) is 0 Å². The summed E-state index contributed by atoms with van der Waals surface area (Å²) in [6, 6.07) is 29.5. The molecule has 0 aliphatic heterocycles. The number of carbonyl (C=O) groups excluding carboxylic acids is 1. The van der Waals surface area contributed by atoms with Crippen LogP contribution < -0.4 is 22.5 Å². The van der Waals surface area contributed by atoms with Crippen LogP contribution in [-0.4, -0.2) is 5.91 Å². The van der Waals surface area contributed by atoms with Crippen LogP contribution in [0.3, 0.4) is 0 Å². The lowest BCUT2D eigenvalue weighted by Crippen LogP contribution is -3.00. The van der Waals surface area contributed by atoms with E-state index in [9.17, 15) is 4.79 Å². The number of carbonyl (C=O) groups is 1. The SMILES string of the molecule is O=C(N[n+]1cc2ccccc2cc1-c1ccccc1)c1ccccc1.[Cl-]. The molecular weight excluding hydrogens is 344 g/mol. The molecule has 128 valence electrons. The molecule has 1 N–H and O–H groups in total. The zero-order chi connectivity index (χ0) is 17.1. The number of rotatable bonds is 3. The fourth-order valence-corrected chi connectivity index (χ4v) is 2.87. The first-order valence-electron chi connectivity index (χ1n) is 8.17. The lowest BCUT2D eigenvalue weighted by atomic mass is 10.1. The van der Waals surface area contributed by atoms with Crippen LogP contribution in [0.1, 0.15) is 10.4 Å². The van der Waals surface area contributed by atoms with Gasteiger partial charge < -0.3 is 12.4 Å². The Hall–Kier alpha value is -3.17. The van der Waals surface area contributed by atoms with E-state index in [0.29, 0.717) is 5.56 Å². The van der Waals surface area contributed by atoms with Gasteiger partial charge in [-0.2, -0.15) is 0 Å². The minimum atomic E-state index is -0.141. The molecule has 1 heterocycles. The molecule has 0 aliphatic rings. The Labute approximate surface area is 158 Å². The number of hydrogen-bond acceptors (Lipinski definition) is 1. The van der Waals surface area contributed by atoms with E-state index in [0.717, 1.165) is 22.0 Å². The zero-order valence-corrected chi connectivity index (χ0v) is 14.7. The van der Waals surface area contributed by atoms with Crippen molar-refractivity contribution >= 4 is 16.7 Å². The average Bonchev–Trinajstić information content (AvgIpc) is 2.69. The van der Waals surface area contributed by atoms with Crippen molar-refractivity contribution in [1.82, 2.24) is 0 Å². The van der Waals surface area contributed by atoms with Crippen LogP contribution in [0.25, 0.3) is 22.0 Å². The number of fused-ring (bicyclic) bond motifs is 1. The molecule has 0 saturated carbocycles. The summed E-state index contributed by atoms with van der Waals surface area (Å²) in [5, 5.41) is 2.20. The number of aromatic nitrogens is 1. The van der Waals surface area contributed by atoms with Crippen LogP contribution >= 0.6 is 0 Å². The summed E-state index contributed by atoms with van der Waals surface area (Å²) in [5.41, 5.74) is 5.60. The summed E-state index contributed by atoms with van der Waals surface area (Å²) in [6.45, 7) is 0. The number of hydrogen-bond donors (Lipinski definition) is 1. The van der Waals surface area contributed by atoms with Gasteiger partial charge in [0.05, 0.1) is 0 Å². The fraction of sp³-hybridized carbons (Fsp3) is 0. The third-order valence-electron chi connectivity index (χ3n) is 4.14. The van der Waals surface area contributed by atoms with Crippen molar-refractivity contribution in [2.75, 3.05) is 5.43 Å². The van der Waals surface area contributed by atoms with E-state index in [-0.39, 0.29) is 18.3 Å². The molecule has 3 aromatic carbocycles. The van der Waals surface area contributed by atoms with Gasteiger partial charge in [-0.25, -0.2) is 0 Å². The summed E-state index contributed by atoms with van der Waals surface area (Å²) in [7, 11) is 0. The molecule has 0 atom stereocenters. The van der Waals surface area contributed by atoms with Crippen LogP contribution in [0.2, 0.25) is 0 Å². The average molecular weight is 361 g/mol. The summed E-state index contributed by atoms with van der Waals surface area (Å²) in [4.78, 5) is 12.6. The number of benzene rings is 3. The van der Waals surface area contributed by atoms with Crippen LogP contribution in [0.15, 0.2) is 97.2 Å². The molecule has 1 aromatic heterocycles. The molecule has 0 bridgehead atoms. The van der Waals surface area contributed by atoms with Crippen LogP contribution in [-0.2, 0) is 0 Å². The van der Waals surface area contributed by atoms with E-state index in [1.807, 2.05) is 72.9 Å². The van der Waals surface area contributed by atoms with E-state index < -0.39 is 0 Å². The quantitative estimate of drug-likeness (QED) is 0.547. The minimum absolute atomic E-state index is 0. The predicted octanol–water partition coefficient (Wildman–Crippen LogP) is 1.18. The molecule has 26 heavy (non-hydrogen) atoms. The van der Waals surface area contributed by atoms with Gasteiger partial charge in [0.2, 0.25) is 11.9 Å². The Morgan fingerprint density at radius 3 is 2.00 bits per heavy atom. The molecule has 4 rings (SSSR count). The first-order chi connectivity index (χ1) is 12.3. The van der Waals surface area contributed by atoms with Gasteiger partial charge in [0.25, 0.3) is 0 Å². The fourth-order valence-electron chi connectivity index (χ4n) is 2.87. The van der Waals surface area contributed by atoms with Gasteiger partial charge in [-0.15, -0.1) is 5.43 Å². The first-order valence-corrected chi connectivity index (χ1v) is 8.17. The van der Waals surface area contributed by atoms with Crippen molar-refractivity contribution in [1.29, 1.82) is 0 Å². The van der Waals surface area contributed by atoms with Gasteiger partial charge in [-0.05, 0) is 35.7 Å². The summed E-state index contributed by atoms with van der Waals surface area (Å²) >= 11 is 0. The highest BCUT2D eigenvalue weighted by atomic mass is 35.5. The standard InChI is InChI=1S/C22H16N2O.ClH/c25-22(18-11-5-2-6-12-18)23-24-16-20-14-8-7-13-19(20)15-21(24)17-9-3-1-4-10-17;/h1-16H;1H. The number of halogens is 1. The highest BCUT2D eigenvalue weighted by molar-refractivity contribution is 5.99. The zero-order valence-electron chi connectivity index (χ0n) is 14.0. The largest absolute Gasteiger partial charge is 1.00 e. The van der Waals surface area contributed by atoms with E-state index in [1.165, 1.54) is 0 Å². The van der Waals surface area contributed by atoms with Gasteiger partial charge in [-0.3, -0.25) is 4.79 Å². The van der Waals surface area contributed by atoms with Crippen LogP contribution in [0, 0.1) is 0 Å². The highest BCUT2D eigenvalue weighted by Gasteiger charge is 2.18. The van der Waals surface area contributed by atoms with Gasteiger partial charge in [0.1, 0.15) is 0 Å². The van der Waals surface area contributed by atoms with Gasteiger partial charge in [0.15, 0.2) is 0 Å². The number of nitrogens with one attached hydrogen (secondary N) is 1. The summed E-state index contributed by atoms with van der Waals surface area (Å²) < 4.78 is 1.80. The lowest BCUT2D eigenvalue weighted by molar-refractivity contribution is -0.628. The molecule has 1 amide bonds. The third-order valence-corrected chi connectivity index (χ3v) is 4.14. The van der Waals surface area contributed by atoms with Crippen molar-refractivity contribution in [3.63, 3.8) is 0 Å². The van der Waals surface area contributed by atoms with Crippen molar-refractivity contribution in [3.05, 3.63) is 103 Å². The number of nitrogens with zero attached hydrogens (tertiary/aromatic N) is 1. The maximum Gasteiger partial charge on any atom is 0.305 e. The molecule has 0 saturated heterocycles. The second-order valence-electron chi connectivity index (χ2n) is 5.83. The summed E-state index contributed by atoms with van der Waals surface area (Å²) in [5.74, 6) is -0.141. The molecule has 4 heteroatoms. The molecule has 0 aliphatic carbocycles. The highest BCUT2D eigenvalue weighted by Crippen LogP contribution is 2.20. The lowest BCUT2D eigenvalue weighted by Gasteiger charge is -2.07. The topological polar surface area (TPSA) is 33.0 Å². The van der Waals surface area contributed by atoms with Crippen molar-refractivity contribution in [3.8, 4) is 11.3 Å². The van der Waals surface area contributed by atoms with E-state index >= 15 is 0 Å². The Bertz CT molecular complexity index is 1030. The van der Waals surface area contributed by atoms with Crippen LogP contribution in [0.4, 0.5) is 0 Å². The Morgan fingerprint density at radius 1 is 0.731 bits per heavy atom. The molecule has 3 nitrogen and oxygen atoms in total. The smallest absolute Gasteiger partial charge is 0.305 e. The molecule has 0 unspecified atom stereocenters. The molecule has 0 spiro atoms. The van der Waals surface area contributed by atoms with Crippen molar-refractivity contribution in [2.24, 2.45) is 0 Å². The maximum atomic E-state index is 12.6. The predicted molar refractivity (Wildman–Crippen MR) is 99.7 cm³/mol. The normalized spacial score (nSPS) is 10.2. The second-order valence-corrected chi connectivity index (χ2v) is 5.83. The van der Waals surface area contributed by atoms with Gasteiger partial charge in [-0.1, -0.05) is 59.3 Å². The van der Waals surface area contributed by atoms with Gasteiger partial charge >= 0.3 is 5.91 Å². The Morgan fingerprint density at radius 2 is 1.31 bits per heavy atom. The molecular formula is C22H17ClN2O. The van der Waals surface area contributed by atoms with Gasteiger partial charge in [0, 0.05) is 22.6 Å². The Balaban J connectivity index is 0.00000196. The molecule has 0 fully saturated rings. The second kappa shape index (κ2) is 7.81. The monoisotopic (exact) mass is 360 g/mol. The van der Waals surface area contributed by atoms with E-state index in [4.69, 9.17) is 0 Å². The number of pyridine rings is 1. The molecule has 0 radical (unpaired) electrons. The van der Waals surface area contributed by atoms with E-state index in [1.54, 1.807) is 16.8 Å². The Kier molecular flexibility index (Phi) is 5.30. The maximum absolute atomic E-state index is 12.6. The van der Waals surface area contributed by atoms with Crippen molar-refractivity contribution in [2.45, 2.75) is 0 Å². The third kappa shape index (κ3) is 3.58. The summed E-state index contributed by atoms with van der Waals surface area (Å²) in [6.07, 6.45) is 1.96. The van der Waals surface area contributed by atoms with E-state index in [2.05, 4.69) is 17.6 Å².